The first kappa shape index (κ1) is 30.0. The van der Waals surface area contributed by atoms with Crippen LogP contribution in [0.25, 0.3) is 16.8 Å². The van der Waals surface area contributed by atoms with Gasteiger partial charge in [0.05, 0.1) is 17.6 Å². The minimum absolute atomic E-state index is 0.116. The molecule has 0 saturated heterocycles. The minimum Gasteiger partial charge on any atom is -0.399 e. The molecule has 5 nitrogen and oxygen atoms in total. The van der Waals surface area contributed by atoms with Crippen molar-refractivity contribution in [3.05, 3.63) is 126 Å². The SMILES string of the molecule is C=C(CC(C)C)Nc1cncc(C(=C)/C(F)=C(CC(=C)Nc2ccnc(-c3ccc(F)cc3)c2C)\C(N)=C/C)c1. The second kappa shape index (κ2) is 13.5. The monoisotopic (exact) mass is 541 g/mol. The molecule has 0 radical (unpaired) electrons. The van der Waals surface area contributed by atoms with Gasteiger partial charge in [0.1, 0.15) is 11.6 Å². The predicted molar refractivity (Wildman–Crippen MR) is 163 cm³/mol. The van der Waals surface area contributed by atoms with Crippen molar-refractivity contribution in [2.24, 2.45) is 11.7 Å². The van der Waals surface area contributed by atoms with Crippen molar-refractivity contribution >= 4 is 16.9 Å². The Kier molecular flexibility index (Phi) is 10.1. The molecule has 208 valence electrons. The van der Waals surface area contributed by atoms with Crippen LogP contribution < -0.4 is 16.4 Å². The Bertz CT molecular complexity index is 1470. The van der Waals surface area contributed by atoms with E-state index in [2.05, 4.69) is 54.2 Å². The average Bonchev–Trinajstić information content (AvgIpc) is 2.92. The maximum atomic E-state index is 15.9. The quantitative estimate of drug-likeness (QED) is 0.200. The van der Waals surface area contributed by atoms with Crippen LogP contribution in [0.3, 0.4) is 0 Å². The van der Waals surface area contributed by atoms with Gasteiger partial charge in [-0.05, 0) is 68.1 Å². The molecule has 0 fully saturated rings. The molecular formula is C33H37F2N5. The summed E-state index contributed by atoms with van der Waals surface area (Å²) in [6.07, 6.45) is 7.45. The number of hydrogen-bond donors (Lipinski definition) is 3. The summed E-state index contributed by atoms with van der Waals surface area (Å²) in [5.41, 5.74) is 12.6. The van der Waals surface area contributed by atoms with Crippen LogP contribution in [0, 0.1) is 18.7 Å². The molecule has 2 heterocycles. The van der Waals surface area contributed by atoms with E-state index in [0.717, 1.165) is 28.9 Å². The molecule has 0 atom stereocenters. The topological polar surface area (TPSA) is 75.9 Å². The molecule has 1 aromatic carbocycles. The largest absolute Gasteiger partial charge is 0.399 e. The van der Waals surface area contributed by atoms with Gasteiger partial charge in [0.2, 0.25) is 0 Å². The van der Waals surface area contributed by atoms with Gasteiger partial charge in [0.15, 0.2) is 0 Å². The molecule has 0 bridgehead atoms. The molecule has 40 heavy (non-hydrogen) atoms. The smallest absolute Gasteiger partial charge is 0.136 e. The molecule has 0 saturated carbocycles. The number of aromatic nitrogens is 2. The number of pyridine rings is 2. The Labute approximate surface area is 236 Å². The van der Waals surface area contributed by atoms with Gasteiger partial charge >= 0.3 is 0 Å². The van der Waals surface area contributed by atoms with Gasteiger partial charge in [0, 0.05) is 63.9 Å². The Morgan fingerprint density at radius 2 is 1.75 bits per heavy atom. The minimum atomic E-state index is -0.544. The van der Waals surface area contributed by atoms with Crippen LogP contribution in [0.15, 0.2) is 109 Å². The average molecular weight is 542 g/mol. The Morgan fingerprint density at radius 3 is 2.40 bits per heavy atom. The fourth-order valence-electron chi connectivity index (χ4n) is 4.23. The van der Waals surface area contributed by atoms with E-state index < -0.39 is 5.83 Å². The van der Waals surface area contributed by atoms with Crippen molar-refractivity contribution in [2.45, 2.75) is 40.5 Å². The third kappa shape index (κ3) is 7.76. The zero-order chi connectivity index (χ0) is 29.4. The predicted octanol–water partition coefficient (Wildman–Crippen LogP) is 8.68. The van der Waals surface area contributed by atoms with E-state index in [4.69, 9.17) is 5.73 Å². The molecular weight excluding hydrogens is 504 g/mol. The zero-order valence-corrected chi connectivity index (χ0v) is 23.6. The molecule has 0 aliphatic carbocycles. The number of hydrogen-bond acceptors (Lipinski definition) is 5. The normalized spacial score (nSPS) is 12.1. The summed E-state index contributed by atoms with van der Waals surface area (Å²) in [7, 11) is 0. The van der Waals surface area contributed by atoms with Crippen LogP contribution in [0.1, 0.15) is 44.7 Å². The first-order chi connectivity index (χ1) is 19.0. The summed E-state index contributed by atoms with van der Waals surface area (Å²) in [5.74, 6) is -0.411. The second-order valence-corrected chi connectivity index (χ2v) is 10.0. The third-order valence-corrected chi connectivity index (χ3v) is 6.28. The number of allylic oxidation sites excluding steroid dienone is 6. The van der Waals surface area contributed by atoms with Crippen LogP contribution in [-0.4, -0.2) is 9.97 Å². The fraction of sp³-hybridized carbons (Fsp3) is 0.212. The van der Waals surface area contributed by atoms with Gasteiger partial charge in [-0.3, -0.25) is 9.97 Å². The highest BCUT2D eigenvalue weighted by molar-refractivity contribution is 5.78. The van der Waals surface area contributed by atoms with Gasteiger partial charge in [-0.15, -0.1) is 0 Å². The van der Waals surface area contributed by atoms with Crippen LogP contribution in [0.2, 0.25) is 0 Å². The summed E-state index contributed by atoms with van der Waals surface area (Å²) in [4.78, 5) is 8.71. The number of anilines is 2. The lowest BCUT2D eigenvalue weighted by Gasteiger charge is -2.18. The standard InChI is InChI=1S/C33H37F2N5/c1-8-30(36)29(32(35)23(6)26-17-28(19-37-18-26)39-21(4)15-20(2)3)16-22(5)40-31-13-14-38-33(24(31)7)25-9-11-27(34)12-10-25/h8-14,17-20,39H,4-6,15-16,36H2,1-3,7H3,(H,38,40)/b30-8+,32-29+. The zero-order valence-electron chi connectivity index (χ0n) is 23.6. The van der Waals surface area contributed by atoms with Gasteiger partial charge in [-0.1, -0.05) is 39.7 Å². The lowest BCUT2D eigenvalue weighted by atomic mass is 9.99. The van der Waals surface area contributed by atoms with Gasteiger partial charge in [-0.25, -0.2) is 8.78 Å². The molecule has 3 rings (SSSR count). The number of rotatable bonds is 12. The number of nitrogens with two attached hydrogens (primary N) is 1. The molecule has 2 aromatic heterocycles. The van der Waals surface area contributed by atoms with E-state index in [1.807, 2.05) is 13.0 Å². The van der Waals surface area contributed by atoms with Crippen LogP contribution in [0.5, 0.6) is 0 Å². The summed E-state index contributed by atoms with van der Waals surface area (Å²) < 4.78 is 29.3. The maximum absolute atomic E-state index is 15.9. The van der Waals surface area contributed by atoms with Crippen molar-refractivity contribution in [2.75, 3.05) is 10.6 Å². The molecule has 4 N–H and O–H groups in total. The van der Waals surface area contributed by atoms with Gasteiger partial charge in [0.25, 0.3) is 0 Å². The van der Waals surface area contributed by atoms with Gasteiger partial charge < -0.3 is 16.4 Å². The molecule has 0 unspecified atom stereocenters. The Hall–Kier alpha value is -4.52. The van der Waals surface area contributed by atoms with E-state index in [-0.39, 0.29) is 29.1 Å². The highest BCUT2D eigenvalue weighted by Crippen LogP contribution is 2.33. The molecule has 3 aromatic rings. The van der Waals surface area contributed by atoms with Gasteiger partial charge in [-0.2, -0.15) is 0 Å². The highest BCUT2D eigenvalue weighted by Gasteiger charge is 2.17. The second-order valence-electron chi connectivity index (χ2n) is 10.0. The van der Waals surface area contributed by atoms with Crippen molar-refractivity contribution in [3.8, 4) is 11.3 Å². The Balaban J connectivity index is 1.84. The van der Waals surface area contributed by atoms with E-state index in [0.29, 0.717) is 28.6 Å². The van der Waals surface area contributed by atoms with Crippen molar-refractivity contribution < 1.29 is 8.78 Å². The van der Waals surface area contributed by atoms with Crippen molar-refractivity contribution in [1.82, 2.24) is 9.97 Å². The molecule has 0 spiro atoms. The lowest BCUT2D eigenvalue weighted by molar-refractivity contribution is 0.628. The summed E-state index contributed by atoms with van der Waals surface area (Å²) >= 11 is 0. The molecule has 0 aliphatic rings. The van der Waals surface area contributed by atoms with Crippen LogP contribution in [0.4, 0.5) is 20.2 Å². The van der Waals surface area contributed by atoms with Crippen LogP contribution >= 0.6 is 0 Å². The molecule has 0 aliphatic heterocycles. The number of halogens is 2. The number of nitrogens with one attached hydrogen (secondary N) is 2. The van der Waals surface area contributed by atoms with E-state index in [1.165, 1.54) is 12.1 Å². The number of benzene rings is 1. The maximum Gasteiger partial charge on any atom is 0.136 e. The van der Waals surface area contributed by atoms with E-state index in [1.54, 1.807) is 49.8 Å². The van der Waals surface area contributed by atoms with E-state index in [9.17, 15) is 4.39 Å². The summed E-state index contributed by atoms with van der Waals surface area (Å²) in [6.45, 7) is 20.0. The molecule has 0 amide bonds. The lowest BCUT2D eigenvalue weighted by Crippen LogP contribution is -2.09. The Morgan fingerprint density at radius 1 is 1.05 bits per heavy atom. The molecule has 7 heteroatoms. The summed E-state index contributed by atoms with van der Waals surface area (Å²) in [6, 6.07) is 9.74. The highest BCUT2D eigenvalue weighted by atomic mass is 19.1. The third-order valence-electron chi connectivity index (χ3n) is 6.28. The van der Waals surface area contributed by atoms with E-state index >= 15 is 4.39 Å². The first-order valence-electron chi connectivity index (χ1n) is 13.1. The fourth-order valence-corrected chi connectivity index (χ4v) is 4.23. The summed E-state index contributed by atoms with van der Waals surface area (Å²) in [5, 5.41) is 6.50. The van der Waals surface area contributed by atoms with Crippen LogP contribution in [-0.2, 0) is 0 Å². The van der Waals surface area contributed by atoms with Crippen molar-refractivity contribution in [3.63, 3.8) is 0 Å². The van der Waals surface area contributed by atoms with Crippen molar-refractivity contribution in [1.29, 1.82) is 0 Å². The number of nitrogens with zero attached hydrogens (tertiary/aromatic N) is 2. The first-order valence-corrected chi connectivity index (χ1v) is 13.1.